The van der Waals surface area contributed by atoms with Gasteiger partial charge in [0.15, 0.2) is 5.15 Å². The van der Waals surface area contributed by atoms with Crippen LogP contribution in [0.15, 0.2) is 73.7 Å². The van der Waals surface area contributed by atoms with Crippen LogP contribution in [0.4, 0.5) is 33.2 Å². The van der Waals surface area contributed by atoms with E-state index >= 15 is 0 Å². The highest BCUT2D eigenvalue weighted by molar-refractivity contribution is 6.32. The Bertz CT molecular complexity index is 1610. The van der Waals surface area contributed by atoms with Gasteiger partial charge in [-0.2, -0.15) is 10.1 Å². The lowest BCUT2D eigenvalue weighted by molar-refractivity contribution is -0.111. The fraction of sp³-hybridized carbons (Fsp3) is 0.0400. The van der Waals surface area contributed by atoms with Gasteiger partial charge in [-0.25, -0.2) is 9.37 Å². The number of nitrogens with one attached hydrogen (secondary N) is 4. The van der Waals surface area contributed by atoms with E-state index in [9.17, 15) is 9.18 Å². The number of rotatable bonds is 7. The van der Waals surface area contributed by atoms with Gasteiger partial charge in [0.2, 0.25) is 11.9 Å². The number of para-hydroxylation sites is 1. The number of fused-ring (bicyclic) bond motifs is 1. The smallest absolute Gasteiger partial charge is 0.247 e. The minimum Gasteiger partial charge on any atom is -0.361 e. The zero-order chi connectivity index (χ0) is 25.2. The Labute approximate surface area is 210 Å². The first-order valence-electron chi connectivity index (χ1n) is 10.8. The third-order valence-electron chi connectivity index (χ3n) is 5.37. The molecule has 0 saturated carbocycles. The number of hydrogen-bond acceptors (Lipinski definition) is 6. The van der Waals surface area contributed by atoms with Gasteiger partial charge in [0.05, 0.1) is 16.9 Å². The number of carbonyl (C=O) groups is 1. The maximum Gasteiger partial charge on any atom is 0.247 e. The topological polar surface area (TPSA) is 113 Å². The molecule has 0 aliphatic carbocycles. The van der Waals surface area contributed by atoms with Gasteiger partial charge in [-0.05, 0) is 35.7 Å². The van der Waals surface area contributed by atoms with Gasteiger partial charge >= 0.3 is 0 Å². The van der Waals surface area contributed by atoms with Crippen LogP contribution in [0.3, 0.4) is 0 Å². The lowest BCUT2D eigenvalue weighted by Crippen LogP contribution is -2.08. The van der Waals surface area contributed by atoms with Crippen LogP contribution in [-0.4, -0.2) is 30.6 Å². The first-order chi connectivity index (χ1) is 17.4. The standard InChI is InChI=1S/C25H20ClFN8O/c1-3-21(36)30-15-7-8-18(27)19(11-15)31-24-17(16-6-4-5-14-9-10-28-22(14)16)12-29-25(33-24)32-20-13-35(2)34-23(20)26/h3-13,28H,1H2,2H3,(H,30,36)(H2,29,31,32,33). The van der Waals surface area contributed by atoms with Crippen molar-refractivity contribution in [3.8, 4) is 11.1 Å². The molecule has 5 rings (SSSR count). The SMILES string of the molecule is C=CC(=O)Nc1ccc(F)c(Nc2nc(Nc3cn(C)nc3Cl)ncc2-c2cccc3cc[nH]c23)c1. The summed E-state index contributed by atoms with van der Waals surface area (Å²) >= 11 is 6.18. The molecule has 0 unspecified atom stereocenters. The molecule has 9 nitrogen and oxygen atoms in total. The van der Waals surface area contributed by atoms with Gasteiger partial charge in [0.1, 0.15) is 11.6 Å². The first kappa shape index (κ1) is 23.1. The largest absolute Gasteiger partial charge is 0.361 e. The lowest BCUT2D eigenvalue weighted by Gasteiger charge is -2.15. The monoisotopic (exact) mass is 502 g/mol. The fourth-order valence-corrected chi connectivity index (χ4v) is 3.94. The predicted molar refractivity (Wildman–Crippen MR) is 139 cm³/mol. The van der Waals surface area contributed by atoms with E-state index in [4.69, 9.17) is 11.6 Å². The average Bonchev–Trinajstić information content (AvgIpc) is 3.47. The van der Waals surface area contributed by atoms with Crippen LogP contribution in [0.2, 0.25) is 5.15 Å². The Balaban J connectivity index is 1.59. The quantitative estimate of drug-likeness (QED) is 0.210. The molecule has 0 fully saturated rings. The molecule has 0 bridgehead atoms. The van der Waals surface area contributed by atoms with Crippen LogP contribution < -0.4 is 16.0 Å². The van der Waals surface area contributed by atoms with Gasteiger partial charge in [-0.15, -0.1) is 0 Å². The summed E-state index contributed by atoms with van der Waals surface area (Å²) in [5, 5.41) is 14.1. The van der Waals surface area contributed by atoms with Crippen LogP contribution in [0.5, 0.6) is 0 Å². The summed E-state index contributed by atoms with van der Waals surface area (Å²) in [6, 6.07) is 12.0. The molecule has 4 N–H and O–H groups in total. The summed E-state index contributed by atoms with van der Waals surface area (Å²) < 4.78 is 16.4. The number of aromatic amines is 1. The van der Waals surface area contributed by atoms with E-state index in [1.165, 1.54) is 18.2 Å². The van der Waals surface area contributed by atoms with Crippen LogP contribution in [0, 0.1) is 5.82 Å². The number of hydrogen-bond donors (Lipinski definition) is 4. The molecule has 3 heterocycles. The van der Waals surface area contributed by atoms with Gasteiger partial charge in [0, 0.05) is 42.5 Å². The molecule has 0 spiro atoms. The Kier molecular flexibility index (Phi) is 6.09. The molecule has 0 radical (unpaired) electrons. The molecule has 36 heavy (non-hydrogen) atoms. The molecule has 0 atom stereocenters. The van der Waals surface area contributed by atoms with E-state index in [1.807, 2.05) is 30.5 Å². The van der Waals surface area contributed by atoms with Crippen molar-refractivity contribution in [1.29, 1.82) is 0 Å². The number of anilines is 5. The number of carbonyl (C=O) groups excluding carboxylic acids is 1. The highest BCUT2D eigenvalue weighted by atomic mass is 35.5. The number of halogens is 2. The number of aryl methyl sites for hydroxylation is 1. The summed E-state index contributed by atoms with van der Waals surface area (Å²) in [5.74, 6) is -0.375. The van der Waals surface area contributed by atoms with E-state index in [1.54, 1.807) is 24.1 Å². The summed E-state index contributed by atoms with van der Waals surface area (Å²) in [6.45, 7) is 3.44. The highest BCUT2D eigenvalue weighted by Crippen LogP contribution is 2.35. The van der Waals surface area contributed by atoms with E-state index < -0.39 is 11.7 Å². The minimum atomic E-state index is -0.529. The molecule has 0 aliphatic rings. The zero-order valence-electron chi connectivity index (χ0n) is 19.0. The van der Waals surface area contributed by atoms with Crippen LogP contribution in [0.1, 0.15) is 0 Å². The second-order valence-electron chi connectivity index (χ2n) is 7.85. The lowest BCUT2D eigenvalue weighted by atomic mass is 10.0. The van der Waals surface area contributed by atoms with Crippen molar-refractivity contribution in [3.05, 3.63) is 84.7 Å². The molecule has 2 aromatic carbocycles. The number of H-pyrrole nitrogens is 1. The van der Waals surface area contributed by atoms with E-state index in [0.717, 1.165) is 22.5 Å². The highest BCUT2D eigenvalue weighted by Gasteiger charge is 2.16. The maximum atomic E-state index is 14.8. The molecule has 3 aromatic heterocycles. The Morgan fingerprint density at radius 1 is 1.17 bits per heavy atom. The normalized spacial score (nSPS) is 10.9. The third kappa shape index (κ3) is 4.62. The number of amides is 1. The predicted octanol–water partition coefficient (Wildman–Crippen LogP) is 5.76. The van der Waals surface area contributed by atoms with Crippen molar-refractivity contribution in [2.75, 3.05) is 16.0 Å². The van der Waals surface area contributed by atoms with Crippen molar-refractivity contribution in [2.24, 2.45) is 7.05 Å². The van der Waals surface area contributed by atoms with Gasteiger partial charge < -0.3 is 20.9 Å². The zero-order valence-corrected chi connectivity index (χ0v) is 19.8. The van der Waals surface area contributed by atoms with Crippen LogP contribution in [0.25, 0.3) is 22.0 Å². The van der Waals surface area contributed by atoms with Gasteiger partial charge in [-0.1, -0.05) is 36.4 Å². The Morgan fingerprint density at radius 3 is 2.81 bits per heavy atom. The van der Waals surface area contributed by atoms with Crippen molar-refractivity contribution in [3.63, 3.8) is 0 Å². The third-order valence-corrected chi connectivity index (χ3v) is 5.65. The summed E-state index contributed by atoms with van der Waals surface area (Å²) in [6.07, 6.45) is 6.31. The molecule has 180 valence electrons. The van der Waals surface area contributed by atoms with Gasteiger partial charge in [0.25, 0.3) is 0 Å². The summed E-state index contributed by atoms with van der Waals surface area (Å²) in [7, 11) is 1.74. The second kappa shape index (κ2) is 9.51. The first-order valence-corrected chi connectivity index (χ1v) is 11.2. The number of aromatic nitrogens is 5. The summed E-state index contributed by atoms with van der Waals surface area (Å²) in [5.41, 5.74) is 3.36. The minimum absolute atomic E-state index is 0.112. The van der Waals surface area contributed by atoms with E-state index in [0.29, 0.717) is 22.8 Å². The molecule has 0 saturated heterocycles. The summed E-state index contributed by atoms with van der Waals surface area (Å²) in [4.78, 5) is 24.0. The molecular weight excluding hydrogens is 483 g/mol. The molecule has 11 heteroatoms. The van der Waals surface area contributed by atoms with Gasteiger partial charge in [-0.3, -0.25) is 9.48 Å². The van der Waals surface area contributed by atoms with Crippen LogP contribution in [-0.2, 0) is 11.8 Å². The van der Waals surface area contributed by atoms with E-state index in [2.05, 4.69) is 42.6 Å². The second-order valence-corrected chi connectivity index (χ2v) is 8.21. The maximum absolute atomic E-state index is 14.8. The number of benzene rings is 2. The number of nitrogens with zero attached hydrogens (tertiary/aromatic N) is 4. The molecule has 5 aromatic rings. The molecular formula is C25H20ClFN8O. The van der Waals surface area contributed by atoms with E-state index in [-0.39, 0.29) is 16.8 Å². The van der Waals surface area contributed by atoms with Crippen molar-refractivity contribution < 1.29 is 9.18 Å². The van der Waals surface area contributed by atoms with Crippen LogP contribution >= 0.6 is 11.6 Å². The Morgan fingerprint density at radius 2 is 2.03 bits per heavy atom. The molecule has 1 amide bonds. The van der Waals surface area contributed by atoms with Crippen molar-refractivity contribution >= 4 is 57.2 Å². The van der Waals surface area contributed by atoms with Crippen molar-refractivity contribution in [1.82, 2.24) is 24.7 Å². The fourth-order valence-electron chi connectivity index (χ4n) is 3.73. The Hall–Kier alpha value is -4.70. The molecule has 0 aliphatic heterocycles. The average molecular weight is 503 g/mol. The van der Waals surface area contributed by atoms with Crippen molar-refractivity contribution in [2.45, 2.75) is 0 Å².